The number of halogens is 2. The Labute approximate surface area is 103 Å². The van der Waals surface area contributed by atoms with Crippen molar-refractivity contribution in [3.05, 3.63) is 28.2 Å². The van der Waals surface area contributed by atoms with Crippen LogP contribution in [0.3, 0.4) is 0 Å². The van der Waals surface area contributed by atoms with Gasteiger partial charge in [0.25, 0.3) is 0 Å². The molecule has 1 N–H and O–H groups in total. The molecule has 0 atom stereocenters. The van der Waals surface area contributed by atoms with Gasteiger partial charge < -0.3 is 14.6 Å². The lowest BCUT2D eigenvalue weighted by Gasteiger charge is -2.06. The van der Waals surface area contributed by atoms with Gasteiger partial charge in [0, 0.05) is 6.07 Å². The molecule has 0 bridgehead atoms. The predicted octanol–water partition coefficient (Wildman–Crippen LogP) is 2.47. The van der Waals surface area contributed by atoms with Crippen LogP contribution in [0.15, 0.2) is 18.2 Å². The number of ether oxygens (including phenoxy) is 2. The van der Waals surface area contributed by atoms with E-state index >= 15 is 0 Å². The van der Waals surface area contributed by atoms with Crippen LogP contribution in [0.1, 0.15) is 0 Å². The van der Waals surface area contributed by atoms with Gasteiger partial charge in [-0.2, -0.15) is 0 Å². The fraction of sp³-hybridized carbons (Fsp3) is 0.300. The zero-order chi connectivity index (χ0) is 12.0. The monoisotopic (exact) mass is 264 g/mol. The van der Waals surface area contributed by atoms with E-state index in [-0.39, 0.29) is 19.8 Å². The number of carboxylic acids is 1. The third kappa shape index (κ3) is 4.70. The van der Waals surface area contributed by atoms with Crippen LogP contribution in [-0.2, 0) is 9.53 Å². The van der Waals surface area contributed by atoms with E-state index in [1.807, 2.05) is 0 Å². The minimum atomic E-state index is -1.01. The highest BCUT2D eigenvalue weighted by molar-refractivity contribution is 6.42. The molecule has 16 heavy (non-hydrogen) atoms. The van der Waals surface area contributed by atoms with E-state index in [0.29, 0.717) is 15.8 Å². The highest BCUT2D eigenvalue weighted by atomic mass is 35.5. The molecule has 0 spiro atoms. The Hall–Kier alpha value is -0.970. The van der Waals surface area contributed by atoms with Crippen molar-refractivity contribution >= 4 is 29.2 Å². The Balaban J connectivity index is 2.27. The van der Waals surface area contributed by atoms with Crippen molar-refractivity contribution in [3.8, 4) is 5.75 Å². The summed E-state index contributed by atoms with van der Waals surface area (Å²) < 4.78 is 10.0. The molecule has 0 aliphatic rings. The van der Waals surface area contributed by atoms with Gasteiger partial charge in [-0.3, -0.25) is 0 Å². The fourth-order valence-corrected chi connectivity index (χ4v) is 1.23. The zero-order valence-electron chi connectivity index (χ0n) is 8.28. The van der Waals surface area contributed by atoms with E-state index in [0.717, 1.165) is 0 Å². The Bertz CT molecular complexity index is 368. The van der Waals surface area contributed by atoms with Crippen molar-refractivity contribution in [2.75, 3.05) is 19.8 Å². The summed E-state index contributed by atoms with van der Waals surface area (Å²) >= 11 is 11.5. The van der Waals surface area contributed by atoms with E-state index in [2.05, 4.69) is 0 Å². The largest absolute Gasteiger partial charge is 0.491 e. The molecule has 0 aliphatic heterocycles. The minimum absolute atomic E-state index is 0.201. The maximum atomic E-state index is 10.1. The normalized spacial score (nSPS) is 10.1. The zero-order valence-corrected chi connectivity index (χ0v) is 9.79. The molecule has 0 amide bonds. The summed E-state index contributed by atoms with van der Waals surface area (Å²) in [5.41, 5.74) is 0. The standard InChI is InChI=1S/C10H10Cl2O4/c11-8-2-1-7(5-9(8)12)16-4-3-15-6-10(13)14/h1-2,5H,3-4,6H2,(H,13,14). The molecule has 0 saturated heterocycles. The van der Waals surface area contributed by atoms with Crippen LogP contribution in [0.5, 0.6) is 5.75 Å². The van der Waals surface area contributed by atoms with Crippen LogP contribution < -0.4 is 4.74 Å². The highest BCUT2D eigenvalue weighted by Gasteiger charge is 2.00. The van der Waals surface area contributed by atoms with Crippen molar-refractivity contribution in [1.82, 2.24) is 0 Å². The summed E-state index contributed by atoms with van der Waals surface area (Å²) in [7, 11) is 0. The van der Waals surface area contributed by atoms with Crippen LogP contribution in [0.4, 0.5) is 0 Å². The summed E-state index contributed by atoms with van der Waals surface area (Å²) in [6.45, 7) is 0.128. The lowest BCUT2D eigenvalue weighted by molar-refractivity contribution is -0.142. The molecule has 1 aromatic rings. The lowest BCUT2D eigenvalue weighted by atomic mass is 10.3. The average Bonchev–Trinajstić information content (AvgIpc) is 2.22. The van der Waals surface area contributed by atoms with Gasteiger partial charge in [-0.05, 0) is 12.1 Å². The molecular weight excluding hydrogens is 255 g/mol. The molecule has 0 aromatic heterocycles. The molecule has 0 radical (unpaired) electrons. The van der Waals surface area contributed by atoms with Gasteiger partial charge in [0.05, 0.1) is 16.7 Å². The number of carbonyl (C=O) groups is 1. The molecular formula is C10H10Cl2O4. The number of hydrogen-bond acceptors (Lipinski definition) is 3. The Morgan fingerprint density at radius 3 is 2.62 bits per heavy atom. The van der Waals surface area contributed by atoms with Crippen molar-refractivity contribution in [3.63, 3.8) is 0 Å². The highest BCUT2D eigenvalue weighted by Crippen LogP contribution is 2.26. The predicted molar refractivity (Wildman–Crippen MR) is 60.4 cm³/mol. The fourth-order valence-electron chi connectivity index (χ4n) is 0.945. The van der Waals surface area contributed by atoms with E-state index in [4.69, 9.17) is 37.8 Å². The first-order chi connectivity index (χ1) is 7.59. The quantitative estimate of drug-likeness (QED) is 0.803. The summed E-state index contributed by atoms with van der Waals surface area (Å²) in [6.07, 6.45) is 0. The molecule has 0 aliphatic carbocycles. The number of rotatable bonds is 6. The molecule has 0 heterocycles. The minimum Gasteiger partial charge on any atom is -0.491 e. The van der Waals surface area contributed by atoms with Gasteiger partial charge in [-0.1, -0.05) is 23.2 Å². The number of hydrogen-bond donors (Lipinski definition) is 1. The van der Waals surface area contributed by atoms with Crippen LogP contribution in [0, 0.1) is 0 Å². The Kier molecular flexibility index (Phi) is 5.38. The van der Waals surface area contributed by atoms with E-state index in [9.17, 15) is 4.79 Å². The first-order valence-electron chi connectivity index (χ1n) is 4.47. The van der Waals surface area contributed by atoms with E-state index in [1.54, 1.807) is 18.2 Å². The van der Waals surface area contributed by atoms with Gasteiger partial charge in [0.15, 0.2) is 0 Å². The van der Waals surface area contributed by atoms with Gasteiger partial charge in [-0.15, -0.1) is 0 Å². The molecule has 6 heteroatoms. The third-order valence-corrected chi connectivity index (χ3v) is 2.35. The smallest absolute Gasteiger partial charge is 0.329 e. The second-order valence-corrected chi connectivity index (χ2v) is 3.69. The molecule has 88 valence electrons. The summed E-state index contributed by atoms with van der Waals surface area (Å²) in [5, 5.41) is 9.16. The summed E-state index contributed by atoms with van der Waals surface area (Å²) in [6, 6.07) is 4.88. The van der Waals surface area contributed by atoms with E-state index < -0.39 is 5.97 Å². The summed E-state index contributed by atoms with van der Waals surface area (Å²) in [4.78, 5) is 10.1. The Morgan fingerprint density at radius 2 is 2.00 bits per heavy atom. The maximum absolute atomic E-state index is 10.1. The molecule has 1 aromatic carbocycles. The average molecular weight is 265 g/mol. The molecule has 4 nitrogen and oxygen atoms in total. The third-order valence-electron chi connectivity index (χ3n) is 1.61. The van der Waals surface area contributed by atoms with Crippen LogP contribution >= 0.6 is 23.2 Å². The van der Waals surface area contributed by atoms with Gasteiger partial charge in [0.1, 0.15) is 19.0 Å². The molecule has 0 saturated carbocycles. The topological polar surface area (TPSA) is 55.8 Å². The van der Waals surface area contributed by atoms with Crippen LogP contribution in [0.25, 0.3) is 0 Å². The van der Waals surface area contributed by atoms with Crippen molar-refractivity contribution in [2.24, 2.45) is 0 Å². The number of benzene rings is 1. The van der Waals surface area contributed by atoms with Crippen molar-refractivity contribution in [2.45, 2.75) is 0 Å². The SMILES string of the molecule is O=C(O)COCCOc1ccc(Cl)c(Cl)c1. The number of aliphatic carboxylic acids is 1. The van der Waals surface area contributed by atoms with Crippen LogP contribution in [0.2, 0.25) is 10.0 Å². The van der Waals surface area contributed by atoms with Crippen molar-refractivity contribution < 1.29 is 19.4 Å². The van der Waals surface area contributed by atoms with Gasteiger partial charge >= 0.3 is 5.97 Å². The van der Waals surface area contributed by atoms with Crippen molar-refractivity contribution in [1.29, 1.82) is 0 Å². The molecule has 0 fully saturated rings. The van der Waals surface area contributed by atoms with Crippen LogP contribution in [-0.4, -0.2) is 30.9 Å². The first-order valence-corrected chi connectivity index (χ1v) is 5.22. The second kappa shape index (κ2) is 6.58. The van der Waals surface area contributed by atoms with Gasteiger partial charge in [-0.25, -0.2) is 4.79 Å². The Morgan fingerprint density at radius 1 is 1.25 bits per heavy atom. The molecule has 0 unspecified atom stereocenters. The van der Waals surface area contributed by atoms with E-state index in [1.165, 1.54) is 0 Å². The molecule has 1 rings (SSSR count). The first kappa shape index (κ1) is 13.1. The summed E-state index contributed by atoms with van der Waals surface area (Å²) in [5.74, 6) is -0.442. The maximum Gasteiger partial charge on any atom is 0.329 e. The lowest BCUT2D eigenvalue weighted by Crippen LogP contribution is -2.12. The second-order valence-electron chi connectivity index (χ2n) is 2.87. The van der Waals surface area contributed by atoms with Gasteiger partial charge in [0.2, 0.25) is 0 Å². The number of carboxylic acid groups (broad SMARTS) is 1.